The molecule has 24 heavy (non-hydrogen) atoms. The number of aryl methyl sites for hydroxylation is 1. The molecule has 2 aliphatic rings. The van der Waals surface area contributed by atoms with Crippen LogP contribution in [-0.4, -0.2) is 28.9 Å². The van der Waals surface area contributed by atoms with E-state index in [2.05, 4.69) is 10.3 Å². The summed E-state index contributed by atoms with van der Waals surface area (Å²) in [5.41, 5.74) is 2.53. The summed E-state index contributed by atoms with van der Waals surface area (Å²) in [6.45, 7) is 0. The molecule has 0 saturated carbocycles. The van der Waals surface area contributed by atoms with Gasteiger partial charge in [-0.25, -0.2) is 4.79 Å². The third-order valence-electron chi connectivity index (χ3n) is 4.86. The lowest BCUT2D eigenvalue weighted by molar-refractivity contribution is -0.131. The Bertz CT molecular complexity index is 867. The van der Waals surface area contributed by atoms with Crippen LogP contribution in [-0.2, 0) is 16.8 Å². The van der Waals surface area contributed by atoms with E-state index in [-0.39, 0.29) is 11.9 Å². The molecule has 1 saturated heterocycles. The second kappa shape index (κ2) is 5.31. The van der Waals surface area contributed by atoms with Crippen LogP contribution in [0, 0.1) is 0 Å². The van der Waals surface area contributed by atoms with Crippen LogP contribution in [0.2, 0.25) is 5.02 Å². The Morgan fingerprint density at radius 3 is 2.83 bits per heavy atom. The van der Waals surface area contributed by atoms with Crippen LogP contribution in [0.4, 0.5) is 4.79 Å². The molecule has 1 unspecified atom stereocenters. The lowest BCUT2D eigenvalue weighted by Gasteiger charge is -2.33. The highest BCUT2D eigenvalue weighted by molar-refractivity contribution is 6.30. The van der Waals surface area contributed by atoms with Gasteiger partial charge in [0.15, 0.2) is 0 Å². The van der Waals surface area contributed by atoms with Crippen molar-refractivity contribution in [2.24, 2.45) is 0 Å². The number of carbonyl (C=O) groups excluding carboxylic acids is 2. The number of halogens is 1. The molecule has 1 fully saturated rings. The number of hydrogen-bond acceptors (Lipinski definition) is 3. The van der Waals surface area contributed by atoms with Gasteiger partial charge in [0.1, 0.15) is 5.54 Å². The van der Waals surface area contributed by atoms with Gasteiger partial charge in [-0.3, -0.25) is 14.7 Å². The first kappa shape index (κ1) is 15.1. The van der Waals surface area contributed by atoms with E-state index >= 15 is 0 Å². The Morgan fingerprint density at radius 1 is 1.29 bits per heavy atom. The number of nitrogens with zero attached hydrogens (tertiary/aromatic N) is 2. The molecule has 0 bridgehead atoms. The number of carbonyl (C=O) groups is 2. The number of fused-ring (bicyclic) bond motifs is 2. The van der Waals surface area contributed by atoms with E-state index in [4.69, 9.17) is 11.6 Å². The number of pyridine rings is 1. The Morgan fingerprint density at radius 2 is 2.12 bits per heavy atom. The van der Waals surface area contributed by atoms with Crippen molar-refractivity contribution in [3.05, 3.63) is 52.7 Å². The summed E-state index contributed by atoms with van der Waals surface area (Å²) in [4.78, 5) is 30.5. The van der Waals surface area contributed by atoms with Crippen LogP contribution in [0.25, 0.3) is 11.3 Å². The van der Waals surface area contributed by atoms with Crippen molar-refractivity contribution in [2.75, 3.05) is 7.05 Å². The molecule has 0 radical (unpaired) electrons. The first-order chi connectivity index (χ1) is 11.5. The van der Waals surface area contributed by atoms with Crippen LogP contribution in [0.15, 0.2) is 36.5 Å². The number of amides is 3. The van der Waals surface area contributed by atoms with Crippen molar-refractivity contribution in [1.29, 1.82) is 0 Å². The van der Waals surface area contributed by atoms with Gasteiger partial charge in [-0.15, -0.1) is 0 Å². The zero-order valence-corrected chi connectivity index (χ0v) is 13.9. The van der Waals surface area contributed by atoms with E-state index < -0.39 is 5.54 Å². The Labute approximate surface area is 144 Å². The number of urea groups is 1. The zero-order valence-electron chi connectivity index (χ0n) is 13.2. The fraction of sp³-hybridized carbons (Fsp3) is 0.278. The Kier molecular flexibility index (Phi) is 3.35. The number of benzene rings is 1. The molecule has 1 aromatic heterocycles. The lowest BCUT2D eigenvalue weighted by atomic mass is 9.76. The van der Waals surface area contributed by atoms with Crippen molar-refractivity contribution in [1.82, 2.24) is 15.2 Å². The molecule has 2 heterocycles. The molecule has 122 valence electrons. The molecule has 1 spiro atoms. The number of nitrogens with one attached hydrogen (secondary N) is 1. The van der Waals surface area contributed by atoms with Gasteiger partial charge in [0.2, 0.25) is 0 Å². The van der Waals surface area contributed by atoms with E-state index in [1.165, 1.54) is 7.05 Å². The molecule has 4 rings (SSSR count). The van der Waals surface area contributed by atoms with Gasteiger partial charge >= 0.3 is 6.03 Å². The molecule has 1 aliphatic heterocycles. The van der Waals surface area contributed by atoms with E-state index in [0.29, 0.717) is 11.4 Å². The number of imide groups is 1. The van der Waals surface area contributed by atoms with E-state index in [1.54, 1.807) is 6.07 Å². The standard InChI is InChI=1S/C18H16ClN3O2/c1-22-16(23)18(21-17(22)24)7-3-5-12-10-20-15(9-14(12)18)11-4-2-6-13(19)8-11/h2,4,6,8-10H,3,5,7H2,1H3,(H,21,24). The summed E-state index contributed by atoms with van der Waals surface area (Å²) in [6.07, 6.45) is 4.11. The summed E-state index contributed by atoms with van der Waals surface area (Å²) in [6, 6.07) is 9.00. The summed E-state index contributed by atoms with van der Waals surface area (Å²) in [5, 5.41) is 3.53. The molecular weight excluding hydrogens is 326 g/mol. The average molecular weight is 342 g/mol. The average Bonchev–Trinajstić information content (AvgIpc) is 2.80. The van der Waals surface area contributed by atoms with Crippen LogP contribution in [0.5, 0.6) is 0 Å². The minimum Gasteiger partial charge on any atom is -0.319 e. The summed E-state index contributed by atoms with van der Waals surface area (Å²) in [5.74, 6) is -0.198. The molecule has 5 nitrogen and oxygen atoms in total. The minimum atomic E-state index is -0.963. The monoisotopic (exact) mass is 341 g/mol. The van der Waals surface area contributed by atoms with E-state index in [0.717, 1.165) is 40.1 Å². The van der Waals surface area contributed by atoms with Crippen molar-refractivity contribution in [3.8, 4) is 11.3 Å². The molecule has 1 N–H and O–H groups in total. The van der Waals surface area contributed by atoms with Crippen molar-refractivity contribution < 1.29 is 9.59 Å². The maximum absolute atomic E-state index is 12.8. The number of hydrogen-bond donors (Lipinski definition) is 1. The number of rotatable bonds is 1. The fourth-order valence-corrected chi connectivity index (χ4v) is 3.81. The quantitative estimate of drug-likeness (QED) is 0.811. The molecule has 6 heteroatoms. The second-order valence-corrected chi connectivity index (χ2v) is 6.73. The van der Waals surface area contributed by atoms with E-state index in [9.17, 15) is 9.59 Å². The van der Waals surface area contributed by atoms with Crippen molar-refractivity contribution in [3.63, 3.8) is 0 Å². The van der Waals surface area contributed by atoms with Gasteiger partial charge in [0.25, 0.3) is 5.91 Å². The smallest absolute Gasteiger partial charge is 0.319 e. The summed E-state index contributed by atoms with van der Waals surface area (Å²) in [7, 11) is 1.51. The van der Waals surface area contributed by atoms with Crippen molar-refractivity contribution in [2.45, 2.75) is 24.8 Å². The highest BCUT2D eigenvalue weighted by Gasteiger charge is 2.52. The van der Waals surface area contributed by atoms with Crippen LogP contribution in [0.1, 0.15) is 24.0 Å². The lowest BCUT2D eigenvalue weighted by Crippen LogP contribution is -2.46. The molecule has 2 aromatic rings. The molecule has 1 aromatic carbocycles. The summed E-state index contributed by atoms with van der Waals surface area (Å²) >= 11 is 6.07. The van der Waals surface area contributed by atoms with Gasteiger partial charge in [0.05, 0.1) is 5.69 Å². The predicted octanol–water partition coefficient (Wildman–Crippen LogP) is 3.12. The SMILES string of the molecule is CN1C(=O)NC2(CCCc3cnc(-c4cccc(Cl)c4)cc32)C1=O. The minimum absolute atomic E-state index is 0.198. The molecular formula is C18H16ClN3O2. The summed E-state index contributed by atoms with van der Waals surface area (Å²) < 4.78 is 0. The Hall–Kier alpha value is -2.40. The van der Waals surface area contributed by atoms with E-state index in [1.807, 2.05) is 30.5 Å². The maximum Gasteiger partial charge on any atom is 0.325 e. The molecule has 3 amide bonds. The number of aromatic nitrogens is 1. The maximum atomic E-state index is 12.8. The number of likely N-dealkylation sites (N-methyl/N-ethyl adjacent to an activating group) is 1. The van der Waals surface area contributed by atoms with Crippen LogP contribution >= 0.6 is 11.6 Å². The van der Waals surface area contributed by atoms with Gasteiger partial charge < -0.3 is 5.32 Å². The third kappa shape index (κ3) is 2.12. The fourth-order valence-electron chi connectivity index (χ4n) is 3.61. The predicted molar refractivity (Wildman–Crippen MR) is 90.6 cm³/mol. The second-order valence-electron chi connectivity index (χ2n) is 6.29. The van der Waals surface area contributed by atoms with Gasteiger partial charge in [-0.05, 0) is 48.6 Å². The van der Waals surface area contributed by atoms with Gasteiger partial charge in [-0.2, -0.15) is 0 Å². The van der Waals surface area contributed by atoms with Gasteiger partial charge in [0, 0.05) is 23.8 Å². The highest BCUT2D eigenvalue weighted by Crippen LogP contribution is 2.40. The van der Waals surface area contributed by atoms with Crippen LogP contribution in [0.3, 0.4) is 0 Å². The zero-order chi connectivity index (χ0) is 16.9. The van der Waals surface area contributed by atoms with Crippen molar-refractivity contribution >= 4 is 23.5 Å². The molecule has 1 aliphatic carbocycles. The first-order valence-electron chi connectivity index (χ1n) is 7.87. The normalized spacial score (nSPS) is 22.7. The topological polar surface area (TPSA) is 62.3 Å². The van der Waals surface area contributed by atoms with Crippen LogP contribution < -0.4 is 5.32 Å². The highest BCUT2D eigenvalue weighted by atomic mass is 35.5. The Balaban J connectivity index is 1.87. The first-order valence-corrected chi connectivity index (χ1v) is 8.25. The largest absolute Gasteiger partial charge is 0.325 e. The van der Waals surface area contributed by atoms with Gasteiger partial charge in [-0.1, -0.05) is 23.7 Å². The molecule has 1 atom stereocenters. The third-order valence-corrected chi connectivity index (χ3v) is 5.09.